The van der Waals surface area contributed by atoms with Gasteiger partial charge in [-0.1, -0.05) is 74.5 Å². The first-order chi connectivity index (χ1) is 10.2. The third-order valence-corrected chi connectivity index (χ3v) is 4.31. The lowest BCUT2D eigenvalue weighted by molar-refractivity contribution is -0.0847. The van der Waals surface area contributed by atoms with Gasteiger partial charge >= 0.3 is 0 Å². The molecule has 21 heavy (non-hydrogen) atoms. The Balaban J connectivity index is 2.19. The number of benzene rings is 2. The van der Waals surface area contributed by atoms with Crippen molar-refractivity contribution in [1.82, 2.24) is 5.32 Å². The fourth-order valence-corrected chi connectivity index (χ4v) is 3.43. The van der Waals surface area contributed by atoms with Crippen molar-refractivity contribution in [3.63, 3.8) is 0 Å². The Morgan fingerprint density at radius 3 is 1.95 bits per heavy atom. The van der Waals surface area contributed by atoms with Gasteiger partial charge in [-0.25, -0.2) is 0 Å². The molecule has 1 N–H and O–H groups in total. The van der Waals surface area contributed by atoms with E-state index < -0.39 is 5.60 Å². The van der Waals surface area contributed by atoms with Crippen LogP contribution in [0.1, 0.15) is 25.0 Å². The molecule has 1 heterocycles. The van der Waals surface area contributed by atoms with E-state index in [1.54, 1.807) is 0 Å². The van der Waals surface area contributed by atoms with Gasteiger partial charge in [0.1, 0.15) is 5.60 Å². The summed E-state index contributed by atoms with van der Waals surface area (Å²) in [6.07, 6.45) is 0. The molecule has 2 aromatic carbocycles. The van der Waals surface area contributed by atoms with Crippen molar-refractivity contribution in [2.75, 3.05) is 13.2 Å². The molecule has 0 amide bonds. The molecule has 3 rings (SSSR count). The molecule has 0 aromatic heterocycles. The number of nitrogens with one attached hydrogen (secondary N) is 1. The third-order valence-electron chi connectivity index (χ3n) is 4.31. The summed E-state index contributed by atoms with van der Waals surface area (Å²) in [4.78, 5) is 0. The summed E-state index contributed by atoms with van der Waals surface area (Å²) >= 11 is 0. The lowest BCUT2D eigenvalue weighted by atomic mass is 9.75. The summed E-state index contributed by atoms with van der Waals surface area (Å²) < 4.78 is 6.45. The topological polar surface area (TPSA) is 21.3 Å². The SMILES string of the molecule is CC(C)[C@@H]1NCCOC1(c1ccccc1)c1ccccc1. The lowest BCUT2D eigenvalue weighted by Gasteiger charge is -2.47. The molecule has 2 nitrogen and oxygen atoms in total. The van der Waals surface area contributed by atoms with Gasteiger partial charge < -0.3 is 10.1 Å². The molecule has 2 heteroatoms. The summed E-state index contributed by atoms with van der Waals surface area (Å²) in [5, 5.41) is 3.68. The summed E-state index contributed by atoms with van der Waals surface area (Å²) in [7, 11) is 0. The largest absolute Gasteiger partial charge is 0.363 e. The predicted molar refractivity (Wildman–Crippen MR) is 86.2 cm³/mol. The predicted octanol–water partition coefficient (Wildman–Crippen LogP) is 3.57. The quantitative estimate of drug-likeness (QED) is 0.928. The molecule has 0 spiro atoms. The van der Waals surface area contributed by atoms with Crippen LogP contribution in [0.3, 0.4) is 0 Å². The normalized spacial score (nSPS) is 21.4. The first-order valence-corrected chi connectivity index (χ1v) is 7.73. The van der Waals surface area contributed by atoms with E-state index in [4.69, 9.17) is 4.74 Å². The molecule has 1 saturated heterocycles. The van der Waals surface area contributed by atoms with Gasteiger partial charge in [-0.3, -0.25) is 0 Å². The Kier molecular flexibility index (Phi) is 4.09. The summed E-state index contributed by atoms with van der Waals surface area (Å²) in [6, 6.07) is 21.5. The Morgan fingerprint density at radius 1 is 0.952 bits per heavy atom. The maximum absolute atomic E-state index is 6.45. The summed E-state index contributed by atoms with van der Waals surface area (Å²) in [5.41, 5.74) is 2.04. The average Bonchev–Trinajstić information content (AvgIpc) is 2.56. The van der Waals surface area contributed by atoms with Crippen LogP contribution in [-0.2, 0) is 10.3 Å². The van der Waals surface area contributed by atoms with Gasteiger partial charge in [0.05, 0.1) is 6.61 Å². The molecule has 1 fully saturated rings. The molecule has 2 aromatic rings. The number of morpholine rings is 1. The molecule has 0 bridgehead atoms. The van der Waals surface area contributed by atoms with E-state index in [1.807, 2.05) is 0 Å². The van der Waals surface area contributed by atoms with E-state index in [0.717, 1.165) is 13.2 Å². The van der Waals surface area contributed by atoms with Gasteiger partial charge in [0.25, 0.3) is 0 Å². The third kappa shape index (κ3) is 2.50. The van der Waals surface area contributed by atoms with Gasteiger partial charge in [-0.15, -0.1) is 0 Å². The molecular weight excluding hydrogens is 258 g/mol. The van der Waals surface area contributed by atoms with Crippen molar-refractivity contribution in [2.24, 2.45) is 5.92 Å². The van der Waals surface area contributed by atoms with E-state index in [9.17, 15) is 0 Å². The molecule has 1 aliphatic heterocycles. The van der Waals surface area contributed by atoms with Gasteiger partial charge in [-0.2, -0.15) is 0 Å². The van der Waals surface area contributed by atoms with Crippen molar-refractivity contribution in [1.29, 1.82) is 0 Å². The zero-order valence-corrected chi connectivity index (χ0v) is 12.8. The molecule has 0 aliphatic carbocycles. The second-order valence-corrected chi connectivity index (χ2v) is 5.99. The highest BCUT2D eigenvalue weighted by molar-refractivity contribution is 5.39. The molecule has 1 atom stereocenters. The van der Waals surface area contributed by atoms with Crippen LogP contribution in [0.25, 0.3) is 0 Å². The first kappa shape index (κ1) is 14.3. The monoisotopic (exact) mass is 281 g/mol. The van der Waals surface area contributed by atoms with E-state index >= 15 is 0 Å². The number of hydrogen-bond acceptors (Lipinski definition) is 2. The van der Waals surface area contributed by atoms with E-state index in [1.165, 1.54) is 11.1 Å². The zero-order chi connectivity index (χ0) is 14.7. The molecule has 0 saturated carbocycles. The molecular formula is C19H23NO. The minimum atomic E-state index is -0.408. The second-order valence-electron chi connectivity index (χ2n) is 5.99. The lowest BCUT2D eigenvalue weighted by Crippen LogP contribution is -2.58. The number of hydrogen-bond donors (Lipinski definition) is 1. The summed E-state index contributed by atoms with van der Waals surface area (Å²) in [5.74, 6) is 0.478. The number of ether oxygens (including phenoxy) is 1. The number of rotatable bonds is 3. The fraction of sp³-hybridized carbons (Fsp3) is 0.368. The standard InChI is InChI=1S/C19H23NO/c1-15(2)18-19(21-14-13-20-18,16-9-5-3-6-10-16)17-11-7-4-8-12-17/h3-12,15,18,20H,13-14H2,1-2H3/t18-/m0/s1. The second kappa shape index (κ2) is 6.00. The van der Waals surface area contributed by atoms with Crippen molar-refractivity contribution in [2.45, 2.75) is 25.5 Å². The van der Waals surface area contributed by atoms with Gasteiger partial charge in [0, 0.05) is 12.6 Å². The Hall–Kier alpha value is -1.64. The maximum atomic E-state index is 6.45. The first-order valence-electron chi connectivity index (χ1n) is 7.73. The van der Waals surface area contributed by atoms with Crippen LogP contribution in [0, 0.1) is 5.92 Å². The highest BCUT2D eigenvalue weighted by Crippen LogP contribution is 2.41. The van der Waals surface area contributed by atoms with Crippen LogP contribution in [0.2, 0.25) is 0 Å². The van der Waals surface area contributed by atoms with Gasteiger partial charge in [0.2, 0.25) is 0 Å². The fourth-order valence-electron chi connectivity index (χ4n) is 3.43. The summed E-state index contributed by atoms with van der Waals surface area (Å²) in [6.45, 7) is 6.15. The van der Waals surface area contributed by atoms with Crippen molar-refractivity contribution >= 4 is 0 Å². The van der Waals surface area contributed by atoms with Gasteiger partial charge in [-0.05, 0) is 17.0 Å². The highest BCUT2D eigenvalue weighted by atomic mass is 16.5. The van der Waals surface area contributed by atoms with E-state index in [0.29, 0.717) is 5.92 Å². The van der Waals surface area contributed by atoms with Crippen molar-refractivity contribution in [3.05, 3.63) is 71.8 Å². The van der Waals surface area contributed by atoms with Crippen LogP contribution in [0.4, 0.5) is 0 Å². The smallest absolute Gasteiger partial charge is 0.134 e. The van der Waals surface area contributed by atoms with Crippen LogP contribution in [0.15, 0.2) is 60.7 Å². The highest BCUT2D eigenvalue weighted by Gasteiger charge is 2.46. The van der Waals surface area contributed by atoms with Crippen LogP contribution >= 0.6 is 0 Å². The van der Waals surface area contributed by atoms with Crippen molar-refractivity contribution in [3.8, 4) is 0 Å². The Bertz CT molecular complexity index is 525. The zero-order valence-electron chi connectivity index (χ0n) is 12.8. The van der Waals surface area contributed by atoms with Crippen LogP contribution in [-0.4, -0.2) is 19.2 Å². The molecule has 0 unspecified atom stereocenters. The minimum Gasteiger partial charge on any atom is -0.363 e. The minimum absolute atomic E-state index is 0.260. The Labute approximate surface area is 127 Å². The van der Waals surface area contributed by atoms with E-state index in [-0.39, 0.29) is 6.04 Å². The van der Waals surface area contributed by atoms with Crippen LogP contribution in [0.5, 0.6) is 0 Å². The van der Waals surface area contributed by atoms with E-state index in [2.05, 4.69) is 79.8 Å². The maximum Gasteiger partial charge on any atom is 0.134 e. The van der Waals surface area contributed by atoms with Crippen LogP contribution < -0.4 is 5.32 Å². The molecule has 110 valence electrons. The van der Waals surface area contributed by atoms with Crippen molar-refractivity contribution < 1.29 is 4.74 Å². The Morgan fingerprint density at radius 2 is 1.48 bits per heavy atom. The molecule has 0 radical (unpaired) electrons. The van der Waals surface area contributed by atoms with Gasteiger partial charge in [0.15, 0.2) is 0 Å². The average molecular weight is 281 g/mol. The molecule has 1 aliphatic rings.